The maximum absolute atomic E-state index is 5.67. The van der Waals surface area contributed by atoms with E-state index in [9.17, 15) is 0 Å². The molecule has 2 aliphatic rings. The molecule has 1 aromatic rings. The predicted octanol–water partition coefficient (Wildman–Crippen LogP) is 2.91. The molecule has 5 nitrogen and oxygen atoms in total. The van der Waals surface area contributed by atoms with Crippen LogP contribution in [0.15, 0.2) is 29.3 Å². The van der Waals surface area contributed by atoms with Crippen molar-refractivity contribution in [3.05, 3.63) is 35.4 Å². The Hall–Kier alpha value is -1.59. The molecule has 26 heavy (non-hydrogen) atoms. The van der Waals surface area contributed by atoms with E-state index in [1.807, 2.05) is 0 Å². The molecule has 0 aliphatic carbocycles. The molecule has 1 atom stereocenters. The summed E-state index contributed by atoms with van der Waals surface area (Å²) in [5.41, 5.74) is 2.66. The Morgan fingerprint density at radius 1 is 1.08 bits per heavy atom. The van der Waals surface area contributed by atoms with Gasteiger partial charge >= 0.3 is 0 Å². The van der Waals surface area contributed by atoms with Crippen LogP contribution in [-0.2, 0) is 17.8 Å². The van der Waals surface area contributed by atoms with Crippen molar-refractivity contribution in [3.63, 3.8) is 0 Å². The first-order valence-corrected chi connectivity index (χ1v) is 10.3. The quantitative estimate of drug-likeness (QED) is 0.581. The van der Waals surface area contributed by atoms with E-state index in [-0.39, 0.29) is 0 Å². The third kappa shape index (κ3) is 6.29. The molecule has 2 fully saturated rings. The van der Waals surface area contributed by atoms with Gasteiger partial charge in [-0.05, 0) is 56.8 Å². The molecule has 0 saturated carbocycles. The summed E-state index contributed by atoms with van der Waals surface area (Å²) in [5, 5.41) is 6.72. The van der Waals surface area contributed by atoms with Crippen molar-refractivity contribution in [1.82, 2.24) is 15.5 Å². The molecule has 0 bridgehead atoms. The van der Waals surface area contributed by atoms with Gasteiger partial charge in [0.1, 0.15) is 0 Å². The van der Waals surface area contributed by atoms with Gasteiger partial charge in [-0.15, -0.1) is 0 Å². The summed E-state index contributed by atoms with van der Waals surface area (Å²) in [6.45, 7) is 8.96. The summed E-state index contributed by atoms with van der Waals surface area (Å²) in [5.74, 6) is 0.875. The van der Waals surface area contributed by atoms with Gasteiger partial charge in [0.25, 0.3) is 0 Å². The van der Waals surface area contributed by atoms with Crippen molar-refractivity contribution in [2.45, 2.75) is 58.2 Å². The monoisotopic (exact) mass is 358 g/mol. The van der Waals surface area contributed by atoms with Crippen LogP contribution >= 0.6 is 0 Å². The van der Waals surface area contributed by atoms with E-state index in [0.29, 0.717) is 12.6 Å². The highest BCUT2D eigenvalue weighted by atomic mass is 16.5. The van der Waals surface area contributed by atoms with Crippen LogP contribution in [0.25, 0.3) is 0 Å². The number of guanidine groups is 1. The molecular formula is C21H34N4O. The molecule has 2 aliphatic heterocycles. The number of likely N-dealkylation sites (tertiary alicyclic amines) is 1. The van der Waals surface area contributed by atoms with Gasteiger partial charge in [-0.1, -0.05) is 30.7 Å². The summed E-state index contributed by atoms with van der Waals surface area (Å²) >= 11 is 0. The lowest BCUT2D eigenvalue weighted by Gasteiger charge is -2.26. The number of hydrogen-bond acceptors (Lipinski definition) is 3. The zero-order valence-electron chi connectivity index (χ0n) is 16.2. The van der Waals surface area contributed by atoms with Crippen LogP contribution in [0.5, 0.6) is 0 Å². The Kier molecular flexibility index (Phi) is 7.77. The molecule has 3 rings (SSSR count). The minimum atomic E-state index is 0.327. The number of rotatable bonds is 7. The van der Waals surface area contributed by atoms with Gasteiger partial charge in [0, 0.05) is 26.2 Å². The first kappa shape index (κ1) is 19.2. The highest BCUT2D eigenvalue weighted by Gasteiger charge is 2.15. The van der Waals surface area contributed by atoms with E-state index in [1.54, 1.807) is 0 Å². The largest absolute Gasteiger partial charge is 0.376 e. The lowest BCUT2D eigenvalue weighted by Crippen LogP contribution is -2.41. The maximum Gasteiger partial charge on any atom is 0.191 e. The van der Waals surface area contributed by atoms with Crippen molar-refractivity contribution >= 4 is 5.96 Å². The molecule has 2 heterocycles. The average molecular weight is 359 g/mol. The Morgan fingerprint density at radius 3 is 2.54 bits per heavy atom. The van der Waals surface area contributed by atoms with E-state index in [0.717, 1.165) is 38.6 Å². The zero-order chi connectivity index (χ0) is 18.0. The van der Waals surface area contributed by atoms with Crippen LogP contribution in [0, 0.1) is 0 Å². The normalized spacial score (nSPS) is 21.7. The van der Waals surface area contributed by atoms with Crippen molar-refractivity contribution < 1.29 is 4.74 Å². The molecule has 1 aromatic carbocycles. The van der Waals surface area contributed by atoms with Gasteiger partial charge in [-0.3, -0.25) is 4.90 Å². The van der Waals surface area contributed by atoms with Crippen molar-refractivity contribution in [2.24, 2.45) is 4.99 Å². The third-order valence-electron chi connectivity index (χ3n) is 5.16. The number of ether oxygens (including phenoxy) is 1. The first-order chi connectivity index (χ1) is 12.8. The van der Waals surface area contributed by atoms with Crippen LogP contribution in [0.4, 0.5) is 0 Å². The summed E-state index contributed by atoms with van der Waals surface area (Å²) in [6, 6.07) is 8.94. The maximum atomic E-state index is 5.67. The molecule has 144 valence electrons. The highest BCUT2D eigenvalue weighted by molar-refractivity contribution is 5.79. The average Bonchev–Trinajstić information content (AvgIpc) is 3.20. The van der Waals surface area contributed by atoms with E-state index >= 15 is 0 Å². The lowest BCUT2D eigenvalue weighted by molar-refractivity contribution is 0.114. The Labute approximate surface area is 158 Å². The summed E-state index contributed by atoms with van der Waals surface area (Å²) in [4.78, 5) is 7.28. The van der Waals surface area contributed by atoms with E-state index in [1.165, 1.54) is 49.9 Å². The second-order valence-corrected chi connectivity index (χ2v) is 7.36. The van der Waals surface area contributed by atoms with E-state index in [2.05, 4.69) is 46.7 Å². The van der Waals surface area contributed by atoms with Gasteiger partial charge in [0.2, 0.25) is 0 Å². The van der Waals surface area contributed by atoms with Crippen molar-refractivity contribution in [2.75, 3.05) is 32.8 Å². The number of hydrogen-bond donors (Lipinski definition) is 2. The fourth-order valence-corrected chi connectivity index (χ4v) is 3.65. The summed E-state index contributed by atoms with van der Waals surface area (Å²) < 4.78 is 5.67. The second-order valence-electron chi connectivity index (χ2n) is 7.36. The fourth-order valence-electron chi connectivity index (χ4n) is 3.65. The van der Waals surface area contributed by atoms with Gasteiger partial charge in [-0.2, -0.15) is 0 Å². The molecule has 0 radical (unpaired) electrons. The molecule has 0 spiro atoms. The van der Waals surface area contributed by atoms with Crippen molar-refractivity contribution in [1.29, 1.82) is 0 Å². The summed E-state index contributed by atoms with van der Waals surface area (Å²) in [7, 11) is 0. The minimum Gasteiger partial charge on any atom is -0.376 e. The van der Waals surface area contributed by atoms with Gasteiger partial charge in [0.05, 0.1) is 12.6 Å². The van der Waals surface area contributed by atoms with E-state index in [4.69, 9.17) is 9.73 Å². The zero-order valence-corrected chi connectivity index (χ0v) is 16.2. The fraction of sp³-hybridized carbons (Fsp3) is 0.667. The number of nitrogens with one attached hydrogen (secondary N) is 2. The Balaban J connectivity index is 1.48. The Morgan fingerprint density at radius 2 is 1.85 bits per heavy atom. The SMILES string of the molecule is CCNC(=NCc1ccc(CN2CCCCC2)cc1)NCC1CCCO1. The third-order valence-corrected chi connectivity index (χ3v) is 5.16. The molecular weight excluding hydrogens is 324 g/mol. The number of aliphatic imine (C=N–C) groups is 1. The van der Waals surface area contributed by atoms with Gasteiger partial charge in [0.15, 0.2) is 5.96 Å². The van der Waals surface area contributed by atoms with Crippen LogP contribution in [0.1, 0.15) is 50.2 Å². The standard InChI is InChI=1S/C21H34N4O/c1-2-22-21(24-16-20-7-6-14-26-20)23-15-18-8-10-19(11-9-18)17-25-12-4-3-5-13-25/h8-11,20H,2-7,12-17H2,1H3,(H2,22,23,24). The predicted molar refractivity (Wildman–Crippen MR) is 107 cm³/mol. The number of piperidine rings is 1. The molecule has 0 amide bonds. The summed E-state index contributed by atoms with van der Waals surface area (Å²) in [6.07, 6.45) is 6.72. The van der Waals surface area contributed by atoms with Gasteiger partial charge in [-0.25, -0.2) is 4.99 Å². The van der Waals surface area contributed by atoms with Gasteiger partial charge < -0.3 is 15.4 Å². The van der Waals surface area contributed by atoms with E-state index < -0.39 is 0 Å². The number of nitrogens with zero attached hydrogens (tertiary/aromatic N) is 2. The minimum absolute atomic E-state index is 0.327. The van der Waals surface area contributed by atoms with Crippen LogP contribution < -0.4 is 10.6 Å². The molecule has 2 saturated heterocycles. The highest BCUT2D eigenvalue weighted by Crippen LogP contribution is 2.14. The van der Waals surface area contributed by atoms with Crippen LogP contribution in [0.2, 0.25) is 0 Å². The Bertz CT molecular complexity index is 546. The molecule has 1 unspecified atom stereocenters. The first-order valence-electron chi connectivity index (χ1n) is 10.3. The molecule has 2 N–H and O–H groups in total. The number of benzene rings is 1. The second kappa shape index (κ2) is 10.5. The van der Waals surface area contributed by atoms with Crippen LogP contribution in [0.3, 0.4) is 0 Å². The molecule has 5 heteroatoms. The smallest absolute Gasteiger partial charge is 0.191 e. The van der Waals surface area contributed by atoms with Crippen LogP contribution in [-0.4, -0.2) is 49.7 Å². The molecule has 0 aromatic heterocycles. The lowest BCUT2D eigenvalue weighted by atomic mass is 10.1. The van der Waals surface area contributed by atoms with Crippen molar-refractivity contribution in [3.8, 4) is 0 Å². The topological polar surface area (TPSA) is 48.9 Å².